The van der Waals surface area contributed by atoms with Crippen molar-refractivity contribution in [3.8, 4) is 17.0 Å². The van der Waals surface area contributed by atoms with Gasteiger partial charge < -0.3 is 10.0 Å². The van der Waals surface area contributed by atoms with E-state index in [9.17, 15) is 27.5 Å². The zero-order chi connectivity index (χ0) is 21.6. The Balaban J connectivity index is 1.64. The van der Waals surface area contributed by atoms with Crippen molar-refractivity contribution in [3.05, 3.63) is 41.8 Å². The molecule has 1 amide bonds. The summed E-state index contributed by atoms with van der Waals surface area (Å²) in [7, 11) is 0. The van der Waals surface area contributed by atoms with Gasteiger partial charge in [-0.2, -0.15) is 18.3 Å². The lowest BCUT2D eigenvalue weighted by Crippen LogP contribution is -2.25. The van der Waals surface area contributed by atoms with Crippen molar-refractivity contribution in [1.82, 2.24) is 19.7 Å². The van der Waals surface area contributed by atoms with Gasteiger partial charge in [0.15, 0.2) is 5.65 Å². The van der Waals surface area contributed by atoms with Gasteiger partial charge in [0.1, 0.15) is 17.3 Å². The summed E-state index contributed by atoms with van der Waals surface area (Å²) >= 11 is 0. The average molecular weight is 422 g/mol. The fraction of sp³-hybridized carbons (Fsp3) is 0.350. The lowest BCUT2D eigenvalue weighted by atomic mass is 10.1. The number of pyridine rings is 1. The van der Waals surface area contributed by atoms with Crippen LogP contribution in [0.4, 0.5) is 17.6 Å². The van der Waals surface area contributed by atoms with Crippen LogP contribution in [0.2, 0.25) is 0 Å². The maximum Gasteiger partial charge on any atom is 0.416 e. The van der Waals surface area contributed by atoms with Crippen LogP contribution in [0.3, 0.4) is 0 Å². The number of fused-ring (bicyclic) bond motifs is 1. The maximum absolute atomic E-state index is 14.6. The van der Waals surface area contributed by atoms with Crippen LogP contribution in [0, 0.1) is 11.7 Å². The molecule has 10 heteroatoms. The fourth-order valence-corrected chi connectivity index (χ4v) is 3.72. The van der Waals surface area contributed by atoms with Crippen LogP contribution in [-0.4, -0.2) is 43.8 Å². The van der Waals surface area contributed by atoms with Gasteiger partial charge in [-0.15, -0.1) is 0 Å². The van der Waals surface area contributed by atoms with Gasteiger partial charge in [-0.25, -0.2) is 9.37 Å². The Morgan fingerprint density at radius 3 is 2.67 bits per heavy atom. The van der Waals surface area contributed by atoms with Crippen molar-refractivity contribution in [2.24, 2.45) is 5.92 Å². The number of nitrogens with zero attached hydrogens (tertiary/aromatic N) is 4. The molecule has 1 N–H and O–H groups in total. The van der Waals surface area contributed by atoms with Crippen molar-refractivity contribution >= 4 is 16.9 Å². The van der Waals surface area contributed by atoms with Crippen molar-refractivity contribution < 1.29 is 27.5 Å². The second kappa shape index (κ2) is 7.26. The molecule has 6 nitrogen and oxygen atoms in total. The molecule has 1 unspecified atom stereocenters. The van der Waals surface area contributed by atoms with Gasteiger partial charge >= 0.3 is 6.18 Å². The number of carbonyl (C=O) groups is 1. The first-order valence-corrected chi connectivity index (χ1v) is 9.37. The molecule has 1 saturated heterocycles. The molecule has 1 aromatic carbocycles. The van der Waals surface area contributed by atoms with Crippen LogP contribution >= 0.6 is 0 Å². The number of carbonyl (C=O) groups excluding carboxylic acids is 1. The Morgan fingerprint density at radius 1 is 1.27 bits per heavy atom. The minimum Gasteiger partial charge on any atom is -0.507 e. The van der Waals surface area contributed by atoms with Crippen LogP contribution in [-0.2, 0) is 17.5 Å². The number of aromatic nitrogens is 3. The molecule has 158 valence electrons. The van der Waals surface area contributed by atoms with Gasteiger partial charge in [0, 0.05) is 49.1 Å². The van der Waals surface area contributed by atoms with E-state index in [2.05, 4.69) is 10.1 Å². The molecule has 30 heavy (non-hydrogen) atoms. The summed E-state index contributed by atoms with van der Waals surface area (Å²) in [5, 5.41) is 14.7. The summed E-state index contributed by atoms with van der Waals surface area (Å²) in [6, 6.07) is 3.46. The Bertz CT molecular complexity index is 1130. The van der Waals surface area contributed by atoms with E-state index >= 15 is 0 Å². The highest BCUT2D eigenvalue weighted by Gasteiger charge is 2.32. The van der Waals surface area contributed by atoms with Gasteiger partial charge in [0.05, 0.1) is 5.56 Å². The number of phenolic OH excluding ortho intramolecular Hbond substituents is 1. The maximum atomic E-state index is 14.6. The Labute approximate surface area is 168 Å². The monoisotopic (exact) mass is 422 g/mol. The third-order valence-corrected chi connectivity index (χ3v) is 5.20. The molecule has 0 aliphatic carbocycles. The minimum atomic E-state index is -4.63. The normalized spacial score (nSPS) is 17.3. The van der Waals surface area contributed by atoms with Gasteiger partial charge in [-0.3, -0.25) is 9.48 Å². The van der Waals surface area contributed by atoms with E-state index in [4.69, 9.17) is 0 Å². The van der Waals surface area contributed by atoms with E-state index in [-0.39, 0.29) is 28.7 Å². The van der Waals surface area contributed by atoms with Gasteiger partial charge in [-0.05, 0) is 31.2 Å². The van der Waals surface area contributed by atoms with Gasteiger partial charge in [0.2, 0.25) is 5.91 Å². The molecule has 3 heterocycles. The van der Waals surface area contributed by atoms with E-state index in [1.165, 1.54) is 6.07 Å². The second-order valence-corrected chi connectivity index (χ2v) is 7.31. The minimum absolute atomic E-state index is 0.0787. The predicted molar refractivity (Wildman–Crippen MR) is 99.9 cm³/mol. The molecule has 1 atom stereocenters. The lowest BCUT2D eigenvalue weighted by Gasteiger charge is -2.13. The molecule has 2 aromatic heterocycles. The molecular formula is C20H18F4N4O2. The summed E-state index contributed by atoms with van der Waals surface area (Å²) in [6.07, 6.45) is -2.60. The quantitative estimate of drug-likeness (QED) is 0.649. The highest BCUT2D eigenvalue weighted by atomic mass is 19.4. The van der Waals surface area contributed by atoms with Crippen LogP contribution in [0.1, 0.15) is 18.9 Å². The zero-order valence-corrected chi connectivity index (χ0v) is 15.9. The van der Waals surface area contributed by atoms with Crippen molar-refractivity contribution in [2.45, 2.75) is 26.1 Å². The van der Waals surface area contributed by atoms with Crippen LogP contribution in [0.5, 0.6) is 5.75 Å². The van der Waals surface area contributed by atoms with Crippen LogP contribution < -0.4 is 0 Å². The molecule has 1 aliphatic rings. The fourth-order valence-electron chi connectivity index (χ4n) is 3.72. The van der Waals surface area contributed by atoms with Crippen molar-refractivity contribution in [2.75, 3.05) is 13.1 Å². The molecule has 0 spiro atoms. The Morgan fingerprint density at radius 2 is 2.03 bits per heavy atom. The standard InChI is InChI=1S/C20H18F4N4O2/c1-2-27-8-11(5-17(27)30)9-28-10-12-6-15(21)18(25-19(12)26-28)14-4-3-13(7-16(14)29)20(22,23)24/h3-4,6-7,10-11,29H,2,5,8-9H2,1H3. The summed E-state index contributed by atoms with van der Waals surface area (Å²) in [5.74, 6) is -1.34. The summed E-state index contributed by atoms with van der Waals surface area (Å²) in [6.45, 7) is 3.63. The third-order valence-electron chi connectivity index (χ3n) is 5.20. The first kappa shape index (κ1) is 20.1. The zero-order valence-electron chi connectivity index (χ0n) is 15.9. The Kier molecular flexibility index (Phi) is 4.87. The van der Waals surface area contributed by atoms with E-state index in [0.717, 1.165) is 12.1 Å². The number of hydrogen-bond acceptors (Lipinski definition) is 4. The number of phenols is 1. The molecule has 0 bridgehead atoms. The summed E-state index contributed by atoms with van der Waals surface area (Å²) in [4.78, 5) is 17.8. The van der Waals surface area contributed by atoms with Gasteiger partial charge in [0.25, 0.3) is 0 Å². The number of halogens is 4. The van der Waals surface area contributed by atoms with E-state index in [0.29, 0.717) is 37.5 Å². The SMILES string of the molecule is CCN1CC(Cn2cc3cc(F)c(-c4ccc(C(F)(F)F)cc4O)nc3n2)CC1=O. The summed E-state index contributed by atoms with van der Waals surface area (Å²) < 4.78 is 54.6. The smallest absolute Gasteiger partial charge is 0.416 e. The highest BCUT2D eigenvalue weighted by molar-refractivity contribution is 5.80. The van der Waals surface area contributed by atoms with Crippen LogP contribution in [0.25, 0.3) is 22.3 Å². The molecule has 4 rings (SSSR count). The van der Waals surface area contributed by atoms with Crippen LogP contribution in [0.15, 0.2) is 30.5 Å². The Hall–Kier alpha value is -3.17. The lowest BCUT2D eigenvalue weighted by molar-refractivity contribution is -0.137. The average Bonchev–Trinajstić information content (AvgIpc) is 3.22. The topological polar surface area (TPSA) is 71.2 Å². The number of hydrogen-bond donors (Lipinski definition) is 1. The second-order valence-electron chi connectivity index (χ2n) is 7.31. The number of rotatable bonds is 4. The molecular weight excluding hydrogens is 404 g/mol. The van der Waals surface area contributed by atoms with Crippen molar-refractivity contribution in [1.29, 1.82) is 0 Å². The predicted octanol–water partition coefficient (Wildman–Crippen LogP) is 3.83. The van der Waals surface area contributed by atoms with Gasteiger partial charge in [-0.1, -0.05) is 0 Å². The number of benzene rings is 1. The molecule has 1 aliphatic heterocycles. The largest absolute Gasteiger partial charge is 0.507 e. The van der Waals surface area contributed by atoms with E-state index in [1.807, 2.05) is 6.92 Å². The van der Waals surface area contributed by atoms with Crippen molar-refractivity contribution in [3.63, 3.8) is 0 Å². The number of likely N-dealkylation sites (tertiary alicyclic amines) is 1. The molecule has 3 aromatic rings. The number of alkyl halides is 3. The number of aromatic hydroxyl groups is 1. The molecule has 1 fully saturated rings. The molecule has 0 saturated carbocycles. The number of amides is 1. The summed E-state index contributed by atoms with van der Waals surface area (Å²) in [5.41, 5.74) is -1.28. The first-order chi connectivity index (χ1) is 14.2. The van der Waals surface area contributed by atoms with E-state index < -0.39 is 23.3 Å². The first-order valence-electron chi connectivity index (χ1n) is 9.37. The third kappa shape index (κ3) is 3.69. The van der Waals surface area contributed by atoms with E-state index in [1.54, 1.807) is 15.8 Å². The molecule has 0 radical (unpaired) electrons. The highest BCUT2D eigenvalue weighted by Crippen LogP contribution is 2.37.